The minimum absolute atomic E-state index is 0.0716. The van der Waals surface area contributed by atoms with Crippen molar-refractivity contribution in [2.75, 3.05) is 12.8 Å². The molecule has 0 aliphatic heterocycles. The maximum absolute atomic E-state index is 14.0. The van der Waals surface area contributed by atoms with Gasteiger partial charge in [0.25, 0.3) is 0 Å². The van der Waals surface area contributed by atoms with E-state index >= 15 is 0 Å². The molecule has 0 radical (unpaired) electrons. The molecule has 1 heterocycles. The Balaban J connectivity index is 1.93. The number of fused-ring (bicyclic) bond motifs is 1. The fraction of sp³-hybridized carbons (Fsp3) is 0.333. The van der Waals surface area contributed by atoms with E-state index in [1.54, 1.807) is 10.7 Å². The average Bonchev–Trinajstić information content (AvgIpc) is 2.94. The minimum atomic E-state index is -0.970. The largest absolute Gasteiger partial charge is 0.493 e. The second-order valence-electron chi connectivity index (χ2n) is 7.88. The Morgan fingerprint density at radius 1 is 1.28 bits per heavy atom. The quantitative estimate of drug-likeness (QED) is 0.673. The Kier molecular flexibility index (Phi) is 5.37. The molecule has 7 nitrogen and oxygen atoms in total. The predicted molar refractivity (Wildman–Crippen MR) is 110 cm³/mol. The highest BCUT2D eigenvalue weighted by Crippen LogP contribution is 2.33. The van der Waals surface area contributed by atoms with E-state index in [2.05, 4.69) is 5.10 Å². The number of methoxy groups -OCH3 is 1. The van der Waals surface area contributed by atoms with E-state index < -0.39 is 17.4 Å². The number of nitrogens with two attached hydrogens (primary N) is 1. The predicted octanol–water partition coefficient (Wildman–Crippen LogP) is 4.09. The van der Waals surface area contributed by atoms with Gasteiger partial charge < -0.3 is 15.6 Å². The van der Waals surface area contributed by atoms with Crippen molar-refractivity contribution in [3.8, 4) is 5.75 Å². The Bertz CT molecular complexity index is 1060. The van der Waals surface area contributed by atoms with Crippen LogP contribution in [0.2, 0.25) is 0 Å². The van der Waals surface area contributed by atoms with Gasteiger partial charge in [0.05, 0.1) is 24.6 Å². The van der Waals surface area contributed by atoms with Crippen LogP contribution in [0, 0.1) is 5.82 Å². The number of hydrogen-bond acceptors (Lipinski definition) is 4. The summed E-state index contributed by atoms with van der Waals surface area (Å²) in [4.78, 5) is 13.0. The Labute approximate surface area is 168 Å². The van der Waals surface area contributed by atoms with E-state index in [0.29, 0.717) is 17.4 Å². The van der Waals surface area contributed by atoms with E-state index in [9.17, 15) is 14.3 Å². The highest BCUT2D eigenvalue weighted by Gasteiger charge is 2.26. The maximum atomic E-state index is 14.0. The lowest BCUT2D eigenvalue weighted by Gasteiger charge is -2.33. The number of amides is 1. The number of rotatable bonds is 5. The second kappa shape index (κ2) is 7.62. The monoisotopic (exact) mass is 400 g/mol. The number of hydrogen-bond donors (Lipinski definition) is 2. The number of nitrogens with zero attached hydrogens (tertiary/aromatic N) is 3. The summed E-state index contributed by atoms with van der Waals surface area (Å²) >= 11 is 0. The van der Waals surface area contributed by atoms with Crippen LogP contribution < -0.4 is 10.5 Å². The molecule has 0 saturated heterocycles. The Morgan fingerprint density at radius 3 is 2.59 bits per heavy atom. The van der Waals surface area contributed by atoms with Gasteiger partial charge in [-0.3, -0.25) is 9.58 Å². The number of anilines is 1. The first kappa shape index (κ1) is 20.4. The van der Waals surface area contributed by atoms with E-state index in [1.165, 1.54) is 18.1 Å². The van der Waals surface area contributed by atoms with Gasteiger partial charge in [-0.1, -0.05) is 24.3 Å². The summed E-state index contributed by atoms with van der Waals surface area (Å²) < 4.78 is 20.8. The van der Waals surface area contributed by atoms with Gasteiger partial charge in [-0.2, -0.15) is 5.10 Å². The molecule has 0 aliphatic rings. The second-order valence-corrected chi connectivity index (χ2v) is 7.88. The van der Waals surface area contributed by atoms with Gasteiger partial charge >= 0.3 is 6.09 Å². The molecule has 8 heteroatoms. The van der Waals surface area contributed by atoms with Crippen LogP contribution in [-0.2, 0) is 13.1 Å². The van der Waals surface area contributed by atoms with Gasteiger partial charge in [-0.05, 0) is 44.0 Å². The van der Waals surface area contributed by atoms with Gasteiger partial charge in [-0.25, -0.2) is 9.18 Å². The number of ether oxygens (including phenoxy) is 1. The van der Waals surface area contributed by atoms with Crippen molar-refractivity contribution >= 4 is 22.8 Å². The van der Waals surface area contributed by atoms with Crippen LogP contribution in [0.25, 0.3) is 10.9 Å². The molecule has 3 rings (SSSR count). The van der Waals surface area contributed by atoms with Crippen molar-refractivity contribution in [1.29, 1.82) is 0 Å². The Morgan fingerprint density at radius 2 is 1.97 bits per heavy atom. The average molecular weight is 400 g/mol. The normalized spacial score (nSPS) is 11.6. The molecule has 0 atom stereocenters. The zero-order valence-electron chi connectivity index (χ0n) is 16.9. The van der Waals surface area contributed by atoms with Crippen molar-refractivity contribution in [3.63, 3.8) is 0 Å². The van der Waals surface area contributed by atoms with E-state index in [0.717, 1.165) is 11.1 Å². The Hall–Kier alpha value is -3.29. The minimum Gasteiger partial charge on any atom is -0.493 e. The first-order valence-corrected chi connectivity index (χ1v) is 9.18. The molecule has 0 bridgehead atoms. The molecular formula is C21H25FN4O3. The van der Waals surface area contributed by atoms with E-state index in [-0.39, 0.29) is 18.1 Å². The third kappa shape index (κ3) is 4.11. The summed E-state index contributed by atoms with van der Waals surface area (Å²) in [6.07, 6.45) is -0.970. The first-order valence-electron chi connectivity index (χ1n) is 9.18. The van der Waals surface area contributed by atoms with Crippen LogP contribution in [0.5, 0.6) is 5.75 Å². The van der Waals surface area contributed by atoms with Crippen molar-refractivity contribution in [2.45, 2.75) is 39.4 Å². The zero-order valence-corrected chi connectivity index (χ0v) is 16.9. The molecule has 3 aromatic rings. The van der Waals surface area contributed by atoms with Crippen molar-refractivity contribution in [1.82, 2.24) is 14.7 Å². The van der Waals surface area contributed by atoms with Crippen LogP contribution in [0.1, 0.15) is 31.9 Å². The first-order chi connectivity index (χ1) is 13.6. The topological polar surface area (TPSA) is 93.6 Å². The van der Waals surface area contributed by atoms with Gasteiger partial charge in [-0.15, -0.1) is 0 Å². The molecule has 0 saturated carbocycles. The fourth-order valence-corrected chi connectivity index (χ4v) is 3.34. The molecule has 3 N–H and O–H groups in total. The number of halogens is 1. The standard InChI is InChI=1S/C21H25FN4O3/c1-21(2,3)25(20(27)28)11-13-6-5-7-14(10-13)12-26-16-9-8-15(22)18(29-4)17(16)19(23)24-26/h5-10H,11-12H2,1-4H3,(H2,23,24)(H,27,28). The van der Waals surface area contributed by atoms with Crippen molar-refractivity contribution < 1.29 is 19.0 Å². The smallest absolute Gasteiger partial charge is 0.408 e. The molecule has 0 unspecified atom stereocenters. The number of carboxylic acid groups (broad SMARTS) is 1. The molecule has 0 fully saturated rings. The highest BCUT2D eigenvalue weighted by atomic mass is 19.1. The summed E-state index contributed by atoms with van der Waals surface area (Å²) in [7, 11) is 1.39. The molecule has 2 aromatic carbocycles. The number of carbonyl (C=O) groups is 1. The van der Waals surface area contributed by atoms with E-state index in [1.807, 2.05) is 45.0 Å². The summed E-state index contributed by atoms with van der Waals surface area (Å²) in [5.74, 6) is -0.233. The summed E-state index contributed by atoms with van der Waals surface area (Å²) in [6.45, 7) is 6.25. The molecule has 154 valence electrons. The van der Waals surface area contributed by atoms with Crippen LogP contribution in [0.15, 0.2) is 36.4 Å². The van der Waals surface area contributed by atoms with Crippen LogP contribution in [-0.4, -0.2) is 38.5 Å². The fourth-order valence-electron chi connectivity index (χ4n) is 3.34. The van der Waals surface area contributed by atoms with Gasteiger partial charge in [0, 0.05) is 12.1 Å². The molecule has 0 aliphatic carbocycles. The molecule has 29 heavy (non-hydrogen) atoms. The van der Waals surface area contributed by atoms with Gasteiger partial charge in [0.2, 0.25) is 0 Å². The summed E-state index contributed by atoms with van der Waals surface area (Å²) in [5.41, 5.74) is 7.94. The van der Waals surface area contributed by atoms with E-state index in [4.69, 9.17) is 10.5 Å². The van der Waals surface area contributed by atoms with Gasteiger partial charge in [0.15, 0.2) is 17.4 Å². The molecule has 0 spiro atoms. The van der Waals surface area contributed by atoms with Crippen molar-refractivity contribution in [2.24, 2.45) is 0 Å². The highest BCUT2D eigenvalue weighted by molar-refractivity contribution is 5.95. The number of nitrogen functional groups attached to an aromatic ring is 1. The SMILES string of the molecule is COc1c(F)ccc2c1c(N)nn2Cc1cccc(CN(C(=O)O)C(C)(C)C)c1. The molecule has 1 amide bonds. The van der Waals surface area contributed by atoms with Gasteiger partial charge in [0.1, 0.15) is 0 Å². The molecular weight excluding hydrogens is 375 g/mol. The maximum Gasteiger partial charge on any atom is 0.408 e. The number of benzene rings is 2. The lowest BCUT2D eigenvalue weighted by molar-refractivity contribution is 0.0955. The van der Waals surface area contributed by atoms with Crippen LogP contribution in [0.4, 0.5) is 15.0 Å². The number of aromatic nitrogens is 2. The third-order valence-corrected chi connectivity index (χ3v) is 4.76. The van der Waals surface area contributed by atoms with Crippen LogP contribution in [0.3, 0.4) is 0 Å². The lowest BCUT2D eigenvalue weighted by atomic mass is 10.0. The lowest BCUT2D eigenvalue weighted by Crippen LogP contribution is -2.44. The molecule has 1 aromatic heterocycles. The third-order valence-electron chi connectivity index (χ3n) is 4.76. The van der Waals surface area contributed by atoms with Crippen molar-refractivity contribution in [3.05, 3.63) is 53.3 Å². The summed E-state index contributed by atoms with van der Waals surface area (Å²) in [5, 5.41) is 14.3. The zero-order chi connectivity index (χ0) is 21.3. The summed E-state index contributed by atoms with van der Waals surface area (Å²) in [6, 6.07) is 10.6. The van der Waals surface area contributed by atoms with Crippen LogP contribution >= 0.6 is 0 Å².